The summed E-state index contributed by atoms with van der Waals surface area (Å²) in [6, 6.07) is 0. The molecular formula is C26H48B2. The van der Waals surface area contributed by atoms with Gasteiger partial charge in [0.1, 0.15) is 13.4 Å². The molecule has 4 heterocycles. The molecule has 28 heavy (non-hydrogen) atoms. The Hall–Kier alpha value is 0.130. The number of hydrogen-bond donors (Lipinski definition) is 0. The van der Waals surface area contributed by atoms with E-state index < -0.39 is 0 Å². The Bertz CT molecular complexity index is 399. The van der Waals surface area contributed by atoms with Gasteiger partial charge in [0.15, 0.2) is 0 Å². The van der Waals surface area contributed by atoms with Gasteiger partial charge in [0.2, 0.25) is 0 Å². The molecule has 0 amide bonds. The van der Waals surface area contributed by atoms with Gasteiger partial charge in [-0.15, -0.1) is 0 Å². The summed E-state index contributed by atoms with van der Waals surface area (Å²) in [5, 5.41) is 0.734. The summed E-state index contributed by atoms with van der Waals surface area (Å²) >= 11 is 0. The molecule has 2 heteroatoms. The molecule has 0 aromatic heterocycles. The topological polar surface area (TPSA) is 0 Å². The average molecular weight is 382 g/mol. The van der Waals surface area contributed by atoms with Crippen molar-refractivity contribution in [2.45, 2.75) is 164 Å². The molecule has 0 aromatic rings. The molecule has 4 aliphatic heterocycles. The molecule has 4 saturated heterocycles. The van der Waals surface area contributed by atoms with E-state index in [4.69, 9.17) is 0 Å². The van der Waals surface area contributed by atoms with Crippen molar-refractivity contribution in [1.82, 2.24) is 0 Å². The van der Waals surface area contributed by atoms with Gasteiger partial charge >= 0.3 is 0 Å². The van der Waals surface area contributed by atoms with Crippen molar-refractivity contribution in [3.63, 3.8) is 0 Å². The van der Waals surface area contributed by atoms with E-state index in [0.717, 1.165) is 41.9 Å². The van der Waals surface area contributed by atoms with E-state index in [0.29, 0.717) is 0 Å². The van der Waals surface area contributed by atoms with E-state index in [-0.39, 0.29) is 0 Å². The lowest BCUT2D eigenvalue weighted by Gasteiger charge is -2.59. The zero-order chi connectivity index (χ0) is 19.4. The first-order chi connectivity index (χ1) is 13.8. The summed E-state index contributed by atoms with van der Waals surface area (Å²) in [5.74, 6) is 4.42. The molecule has 4 aliphatic rings. The van der Waals surface area contributed by atoms with Gasteiger partial charge < -0.3 is 0 Å². The van der Waals surface area contributed by atoms with E-state index in [9.17, 15) is 0 Å². The van der Waals surface area contributed by atoms with E-state index in [2.05, 4.69) is 13.8 Å². The Kier molecular flexibility index (Phi) is 7.60. The maximum absolute atomic E-state index is 2.46. The molecule has 4 fully saturated rings. The molecular weight excluding hydrogens is 334 g/mol. The molecule has 0 saturated carbocycles. The van der Waals surface area contributed by atoms with Gasteiger partial charge in [-0.1, -0.05) is 164 Å². The van der Waals surface area contributed by atoms with Crippen LogP contribution in [0.15, 0.2) is 0 Å². The van der Waals surface area contributed by atoms with E-state index in [1.54, 1.807) is 89.9 Å². The predicted molar refractivity (Wildman–Crippen MR) is 128 cm³/mol. The zero-order valence-corrected chi connectivity index (χ0v) is 19.4. The van der Waals surface area contributed by atoms with Crippen molar-refractivity contribution >= 4 is 13.4 Å². The summed E-state index contributed by atoms with van der Waals surface area (Å²) in [7, 11) is 0. The number of hydrogen-bond acceptors (Lipinski definition) is 0. The summed E-state index contributed by atoms with van der Waals surface area (Å²) in [6.45, 7) is 7.10. The largest absolute Gasteiger partial charge is 0.145 e. The van der Waals surface area contributed by atoms with Gasteiger partial charge in [0, 0.05) is 0 Å². The smallest absolute Gasteiger partial charge is 0.0700 e. The Morgan fingerprint density at radius 2 is 0.893 bits per heavy atom. The van der Waals surface area contributed by atoms with Gasteiger partial charge in [-0.05, 0) is 0 Å². The second-order valence-corrected chi connectivity index (χ2v) is 11.6. The molecule has 158 valence electrons. The lowest BCUT2D eigenvalue weighted by Crippen LogP contribution is -2.56. The first-order valence-electron chi connectivity index (χ1n) is 13.8. The molecule has 0 N–H and O–H groups in total. The predicted octanol–water partition coefficient (Wildman–Crippen LogP) is 9.24. The van der Waals surface area contributed by atoms with Crippen LogP contribution >= 0.6 is 0 Å². The minimum absolute atomic E-state index is 0.734. The average Bonchev–Trinajstić information content (AvgIpc) is 2.70. The highest BCUT2D eigenvalue weighted by Gasteiger charge is 2.59. The van der Waals surface area contributed by atoms with Crippen LogP contribution in [0.3, 0.4) is 0 Å². The molecule has 0 aromatic carbocycles. The normalized spacial score (nSPS) is 34.9. The maximum Gasteiger partial charge on any atom is 0.145 e. The highest BCUT2D eigenvalue weighted by atomic mass is 14.4. The first-order valence-corrected chi connectivity index (χ1v) is 13.8. The third-order valence-corrected chi connectivity index (χ3v) is 10.2. The lowest BCUT2D eigenvalue weighted by atomic mass is 9.00. The molecule has 0 nitrogen and oxygen atoms in total. The van der Waals surface area contributed by atoms with Crippen LogP contribution in [0.2, 0.25) is 28.5 Å². The van der Waals surface area contributed by atoms with Crippen molar-refractivity contribution < 1.29 is 0 Å². The van der Waals surface area contributed by atoms with E-state index in [1.165, 1.54) is 32.1 Å². The summed E-state index contributed by atoms with van der Waals surface area (Å²) in [4.78, 5) is 0. The molecule has 0 atom stereocenters. The zero-order valence-electron chi connectivity index (χ0n) is 19.4. The highest BCUT2D eigenvalue weighted by Crippen LogP contribution is 2.66. The molecule has 4 rings (SSSR count). The Morgan fingerprint density at radius 1 is 0.536 bits per heavy atom. The Balaban J connectivity index is 1.71. The van der Waals surface area contributed by atoms with Crippen LogP contribution in [-0.4, -0.2) is 13.4 Å². The quantitative estimate of drug-likeness (QED) is 0.275. The SMILES string of the molecule is CCCCCC(CCCC)(B1C2CCCC1CCC2)B1C2CCCC1CCC2. The van der Waals surface area contributed by atoms with Crippen LogP contribution in [0, 0.1) is 0 Å². The van der Waals surface area contributed by atoms with Crippen molar-refractivity contribution in [3.05, 3.63) is 0 Å². The second-order valence-electron chi connectivity index (χ2n) is 11.6. The van der Waals surface area contributed by atoms with Crippen molar-refractivity contribution in [3.8, 4) is 0 Å². The van der Waals surface area contributed by atoms with Crippen LogP contribution in [0.5, 0.6) is 0 Å². The number of rotatable bonds is 9. The fourth-order valence-corrected chi connectivity index (χ4v) is 9.45. The lowest BCUT2D eigenvalue weighted by molar-refractivity contribution is 0.382. The summed E-state index contributed by atoms with van der Waals surface area (Å²) in [6.07, 6.45) is 29.5. The molecule has 0 unspecified atom stereocenters. The van der Waals surface area contributed by atoms with Crippen LogP contribution in [-0.2, 0) is 0 Å². The molecule has 4 bridgehead atoms. The standard InChI is InChI=1S/C26H48B2/c1-3-5-7-21-26(20-6-4-2,27-22-12-8-13-23(27)15-9-14-22)28-24-16-10-17-25(28)19-11-18-24/h22-25H,3-21H2,1-2H3. The van der Waals surface area contributed by atoms with Crippen LogP contribution in [0.4, 0.5) is 0 Å². The molecule has 0 aliphatic carbocycles. The van der Waals surface area contributed by atoms with Crippen molar-refractivity contribution in [2.24, 2.45) is 0 Å². The first kappa shape index (κ1) is 21.4. The van der Waals surface area contributed by atoms with Gasteiger partial charge in [0.05, 0.1) is 0 Å². The Labute approximate surface area is 177 Å². The van der Waals surface area contributed by atoms with Crippen LogP contribution < -0.4 is 0 Å². The monoisotopic (exact) mass is 382 g/mol. The minimum atomic E-state index is 0.734. The van der Waals surface area contributed by atoms with E-state index >= 15 is 0 Å². The van der Waals surface area contributed by atoms with Crippen LogP contribution in [0.25, 0.3) is 0 Å². The van der Waals surface area contributed by atoms with Crippen molar-refractivity contribution in [2.75, 3.05) is 0 Å². The third kappa shape index (κ3) is 4.14. The molecule has 0 radical (unpaired) electrons. The third-order valence-electron chi connectivity index (χ3n) is 10.2. The minimum Gasteiger partial charge on any atom is -0.0700 e. The molecule has 0 spiro atoms. The van der Waals surface area contributed by atoms with E-state index in [1.807, 2.05) is 0 Å². The second kappa shape index (κ2) is 9.96. The van der Waals surface area contributed by atoms with Gasteiger partial charge in [-0.25, -0.2) is 0 Å². The van der Waals surface area contributed by atoms with Crippen LogP contribution in [0.1, 0.15) is 136 Å². The summed E-state index contributed by atoms with van der Waals surface area (Å²) < 4.78 is 0. The Morgan fingerprint density at radius 3 is 1.25 bits per heavy atom. The number of fused-ring (bicyclic) bond motifs is 4. The van der Waals surface area contributed by atoms with Gasteiger partial charge in [-0.3, -0.25) is 0 Å². The fraction of sp³-hybridized carbons (Fsp3) is 1.00. The summed E-state index contributed by atoms with van der Waals surface area (Å²) in [5.41, 5.74) is 0. The highest BCUT2D eigenvalue weighted by molar-refractivity contribution is 6.85. The maximum atomic E-state index is 2.46. The number of unbranched alkanes of at least 4 members (excludes halogenated alkanes) is 3. The van der Waals surface area contributed by atoms with Gasteiger partial charge in [-0.2, -0.15) is 0 Å². The van der Waals surface area contributed by atoms with Gasteiger partial charge in [0.25, 0.3) is 0 Å². The fourth-order valence-electron chi connectivity index (χ4n) is 9.45. The van der Waals surface area contributed by atoms with Crippen molar-refractivity contribution in [1.29, 1.82) is 0 Å².